The van der Waals surface area contributed by atoms with Crippen LogP contribution < -0.4 is 11.1 Å². The predicted molar refractivity (Wildman–Crippen MR) is 61.0 cm³/mol. The lowest BCUT2D eigenvalue weighted by Gasteiger charge is -2.08. The van der Waals surface area contributed by atoms with Gasteiger partial charge in [0.25, 0.3) is 0 Å². The summed E-state index contributed by atoms with van der Waals surface area (Å²) in [6.45, 7) is 5.07. The standard InChI is InChI=1S/C11H17N3/c1-3-6-14-9-4-5-10(11(12)13)8(2)7-9/h4-5,7,14H,3,6H2,1-2H3,(H3,12,13). The average molecular weight is 191 g/mol. The molecule has 1 rings (SSSR count). The zero-order valence-electron chi connectivity index (χ0n) is 8.72. The lowest BCUT2D eigenvalue weighted by molar-refractivity contribution is 0.979. The van der Waals surface area contributed by atoms with E-state index in [4.69, 9.17) is 11.1 Å². The second-order valence-electron chi connectivity index (χ2n) is 3.37. The van der Waals surface area contributed by atoms with E-state index in [0.717, 1.165) is 29.8 Å². The van der Waals surface area contributed by atoms with Gasteiger partial charge in [-0.2, -0.15) is 0 Å². The average Bonchev–Trinajstić information content (AvgIpc) is 2.14. The third-order valence-electron chi connectivity index (χ3n) is 2.10. The molecule has 0 heterocycles. The number of anilines is 1. The number of hydrogen-bond acceptors (Lipinski definition) is 2. The van der Waals surface area contributed by atoms with E-state index in [1.165, 1.54) is 0 Å². The van der Waals surface area contributed by atoms with E-state index in [0.29, 0.717) is 0 Å². The number of nitrogen functional groups attached to an aromatic ring is 1. The Morgan fingerprint density at radius 2 is 2.21 bits per heavy atom. The summed E-state index contributed by atoms with van der Waals surface area (Å²) in [6.07, 6.45) is 1.10. The second-order valence-corrected chi connectivity index (χ2v) is 3.37. The Morgan fingerprint density at radius 3 is 2.71 bits per heavy atom. The van der Waals surface area contributed by atoms with Gasteiger partial charge in [0.2, 0.25) is 0 Å². The van der Waals surface area contributed by atoms with Gasteiger partial charge in [0.15, 0.2) is 0 Å². The molecule has 0 aliphatic rings. The van der Waals surface area contributed by atoms with Crippen LogP contribution in [-0.4, -0.2) is 12.4 Å². The molecule has 14 heavy (non-hydrogen) atoms. The smallest absolute Gasteiger partial charge is 0.123 e. The Labute approximate surface area is 84.8 Å². The van der Waals surface area contributed by atoms with E-state index in [-0.39, 0.29) is 5.84 Å². The van der Waals surface area contributed by atoms with Crippen molar-refractivity contribution < 1.29 is 0 Å². The molecule has 0 aromatic heterocycles. The number of aryl methyl sites for hydroxylation is 1. The van der Waals surface area contributed by atoms with Gasteiger partial charge in [-0.25, -0.2) is 0 Å². The highest BCUT2D eigenvalue weighted by atomic mass is 14.9. The van der Waals surface area contributed by atoms with Gasteiger partial charge in [-0.15, -0.1) is 0 Å². The molecule has 76 valence electrons. The summed E-state index contributed by atoms with van der Waals surface area (Å²) in [5.74, 6) is 0.129. The lowest BCUT2D eigenvalue weighted by Crippen LogP contribution is -2.13. The molecule has 3 heteroatoms. The van der Waals surface area contributed by atoms with Crippen LogP contribution in [0.1, 0.15) is 24.5 Å². The van der Waals surface area contributed by atoms with Crippen molar-refractivity contribution in [2.75, 3.05) is 11.9 Å². The number of benzene rings is 1. The molecule has 0 atom stereocenters. The minimum atomic E-state index is 0.129. The van der Waals surface area contributed by atoms with Gasteiger partial charge in [0, 0.05) is 17.8 Å². The summed E-state index contributed by atoms with van der Waals surface area (Å²) in [7, 11) is 0. The van der Waals surface area contributed by atoms with Gasteiger partial charge in [0.05, 0.1) is 0 Å². The van der Waals surface area contributed by atoms with Crippen molar-refractivity contribution in [2.24, 2.45) is 5.73 Å². The van der Waals surface area contributed by atoms with E-state index in [9.17, 15) is 0 Å². The molecule has 1 aromatic carbocycles. The van der Waals surface area contributed by atoms with Crippen molar-refractivity contribution in [3.8, 4) is 0 Å². The molecule has 0 bridgehead atoms. The summed E-state index contributed by atoms with van der Waals surface area (Å²) < 4.78 is 0. The summed E-state index contributed by atoms with van der Waals surface area (Å²) in [6, 6.07) is 5.86. The predicted octanol–water partition coefficient (Wildman–Crippen LogP) is 2.10. The van der Waals surface area contributed by atoms with Gasteiger partial charge in [-0.05, 0) is 37.1 Å². The zero-order chi connectivity index (χ0) is 10.6. The zero-order valence-corrected chi connectivity index (χ0v) is 8.72. The number of amidine groups is 1. The van der Waals surface area contributed by atoms with Crippen LogP contribution in [0.15, 0.2) is 18.2 Å². The first-order chi connectivity index (χ1) is 6.65. The van der Waals surface area contributed by atoms with Crippen molar-refractivity contribution in [3.05, 3.63) is 29.3 Å². The molecule has 3 nitrogen and oxygen atoms in total. The molecule has 0 amide bonds. The fraction of sp³-hybridized carbons (Fsp3) is 0.364. The van der Waals surface area contributed by atoms with Crippen LogP contribution in [0.5, 0.6) is 0 Å². The number of nitrogens with two attached hydrogens (primary N) is 1. The summed E-state index contributed by atoms with van der Waals surface area (Å²) in [5, 5.41) is 10.6. The highest BCUT2D eigenvalue weighted by Gasteiger charge is 2.01. The largest absolute Gasteiger partial charge is 0.385 e. The third kappa shape index (κ3) is 2.49. The van der Waals surface area contributed by atoms with E-state index in [1.807, 2.05) is 25.1 Å². The van der Waals surface area contributed by atoms with Crippen molar-refractivity contribution in [2.45, 2.75) is 20.3 Å². The molecule has 0 aliphatic carbocycles. The van der Waals surface area contributed by atoms with Crippen LogP contribution in [0, 0.1) is 12.3 Å². The molecule has 0 aliphatic heterocycles. The normalized spacial score (nSPS) is 9.86. The van der Waals surface area contributed by atoms with E-state index in [1.54, 1.807) is 0 Å². The Morgan fingerprint density at radius 1 is 1.50 bits per heavy atom. The second kappa shape index (κ2) is 4.65. The SMILES string of the molecule is CCCNc1ccc(C(=N)N)c(C)c1. The maximum absolute atomic E-state index is 7.34. The van der Waals surface area contributed by atoms with Crippen LogP contribution in [0.4, 0.5) is 5.69 Å². The Kier molecular flexibility index (Phi) is 3.51. The first-order valence-electron chi connectivity index (χ1n) is 4.84. The summed E-state index contributed by atoms with van der Waals surface area (Å²) in [5.41, 5.74) is 8.37. The monoisotopic (exact) mass is 191 g/mol. The van der Waals surface area contributed by atoms with Gasteiger partial charge >= 0.3 is 0 Å². The Bertz CT molecular complexity index is 331. The van der Waals surface area contributed by atoms with Crippen molar-refractivity contribution in [1.29, 1.82) is 5.41 Å². The molecule has 0 fully saturated rings. The van der Waals surface area contributed by atoms with E-state index in [2.05, 4.69) is 12.2 Å². The minimum absolute atomic E-state index is 0.129. The van der Waals surface area contributed by atoms with Crippen LogP contribution in [0.3, 0.4) is 0 Å². The molecule has 0 spiro atoms. The van der Waals surface area contributed by atoms with Crippen LogP contribution in [0.2, 0.25) is 0 Å². The molecular weight excluding hydrogens is 174 g/mol. The molecule has 0 radical (unpaired) electrons. The quantitative estimate of drug-likeness (QED) is 0.504. The fourth-order valence-electron chi connectivity index (χ4n) is 1.35. The highest BCUT2D eigenvalue weighted by Crippen LogP contribution is 2.14. The van der Waals surface area contributed by atoms with Gasteiger partial charge in [0.1, 0.15) is 5.84 Å². The molecule has 0 saturated carbocycles. The van der Waals surface area contributed by atoms with Gasteiger partial charge < -0.3 is 11.1 Å². The maximum Gasteiger partial charge on any atom is 0.123 e. The summed E-state index contributed by atoms with van der Waals surface area (Å²) >= 11 is 0. The molecule has 4 N–H and O–H groups in total. The third-order valence-corrected chi connectivity index (χ3v) is 2.10. The van der Waals surface area contributed by atoms with Gasteiger partial charge in [-0.1, -0.05) is 6.92 Å². The van der Waals surface area contributed by atoms with Crippen molar-refractivity contribution in [3.63, 3.8) is 0 Å². The van der Waals surface area contributed by atoms with Crippen molar-refractivity contribution >= 4 is 11.5 Å². The van der Waals surface area contributed by atoms with E-state index >= 15 is 0 Å². The molecular formula is C11H17N3. The van der Waals surface area contributed by atoms with Crippen molar-refractivity contribution in [1.82, 2.24) is 0 Å². The Hall–Kier alpha value is -1.51. The number of hydrogen-bond donors (Lipinski definition) is 3. The topological polar surface area (TPSA) is 61.9 Å². The van der Waals surface area contributed by atoms with Crippen LogP contribution >= 0.6 is 0 Å². The first-order valence-corrected chi connectivity index (χ1v) is 4.84. The van der Waals surface area contributed by atoms with Gasteiger partial charge in [-0.3, -0.25) is 5.41 Å². The minimum Gasteiger partial charge on any atom is -0.385 e. The molecule has 1 aromatic rings. The van der Waals surface area contributed by atoms with E-state index < -0.39 is 0 Å². The fourth-order valence-corrected chi connectivity index (χ4v) is 1.35. The molecule has 0 unspecified atom stereocenters. The maximum atomic E-state index is 7.34. The highest BCUT2D eigenvalue weighted by molar-refractivity contribution is 5.96. The van der Waals surface area contributed by atoms with Crippen LogP contribution in [0.25, 0.3) is 0 Å². The molecule has 0 saturated heterocycles. The number of rotatable bonds is 4. The summed E-state index contributed by atoms with van der Waals surface area (Å²) in [4.78, 5) is 0. The lowest BCUT2D eigenvalue weighted by atomic mass is 10.1. The first kappa shape index (κ1) is 10.6. The number of nitrogens with one attached hydrogen (secondary N) is 2. The van der Waals surface area contributed by atoms with Crippen LogP contribution in [-0.2, 0) is 0 Å². The Balaban J connectivity index is 2.83.